The Morgan fingerprint density at radius 2 is 1.38 bits per heavy atom. The first-order valence-electron chi connectivity index (χ1n) is 5.26. The van der Waals surface area contributed by atoms with Crippen LogP contribution in [0.15, 0.2) is 58.6 Å². The molecular formula is C14H14N2. The van der Waals surface area contributed by atoms with Gasteiger partial charge in [-0.15, -0.1) is 0 Å². The van der Waals surface area contributed by atoms with E-state index in [-0.39, 0.29) is 0 Å². The van der Waals surface area contributed by atoms with Crippen LogP contribution in [0, 0.1) is 6.92 Å². The van der Waals surface area contributed by atoms with Gasteiger partial charge in [0.1, 0.15) is 0 Å². The topological polar surface area (TPSA) is 24.7 Å². The van der Waals surface area contributed by atoms with Crippen LogP contribution in [0.4, 0.5) is 5.69 Å². The molecule has 0 spiro atoms. The summed E-state index contributed by atoms with van der Waals surface area (Å²) in [7, 11) is 1.78. The van der Waals surface area contributed by atoms with Crippen molar-refractivity contribution in [2.75, 3.05) is 7.05 Å². The normalized spacial score (nSPS) is 14.1. The predicted octanol–water partition coefficient (Wildman–Crippen LogP) is 3.26. The third-order valence-electron chi connectivity index (χ3n) is 2.40. The quantitative estimate of drug-likeness (QED) is 0.636. The molecule has 0 aliphatic heterocycles. The van der Waals surface area contributed by atoms with Crippen LogP contribution in [0.25, 0.3) is 0 Å². The molecule has 0 fully saturated rings. The Balaban J connectivity index is 2.21. The van der Waals surface area contributed by atoms with Gasteiger partial charge in [0, 0.05) is 7.05 Å². The van der Waals surface area contributed by atoms with Crippen LogP contribution in [0.5, 0.6) is 0 Å². The molecule has 0 radical (unpaired) electrons. The van der Waals surface area contributed by atoms with Crippen molar-refractivity contribution in [3.8, 4) is 0 Å². The zero-order valence-electron chi connectivity index (χ0n) is 9.51. The van der Waals surface area contributed by atoms with Gasteiger partial charge in [0.25, 0.3) is 0 Å². The second-order valence-corrected chi connectivity index (χ2v) is 3.69. The minimum absolute atomic E-state index is 0.955. The summed E-state index contributed by atoms with van der Waals surface area (Å²) in [5, 5.41) is 0. The molecule has 0 saturated carbocycles. The zero-order valence-corrected chi connectivity index (χ0v) is 9.51. The lowest BCUT2D eigenvalue weighted by Crippen LogP contribution is -1.99. The number of benzene rings is 1. The minimum atomic E-state index is 0.955. The summed E-state index contributed by atoms with van der Waals surface area (Å²) in [6.45, 7) is 2.07. The molecule has 0 aromatic heterocycles. The maximum Gasteiger partial charge on any atom is 0.0638 e. The van der Waals surface area contributed by atoms with E-state index in [9.17, 15) is 0 Å². The highest BCUT2D eigenvalue weighted by Gasteiger charge is 1.98. The van der Waals surface area contributed by atoms with E-state index < -0.39 is 0 Å². The summed E-state index contributed by atoms with van der Waals surface area (Å²) < 4.78 is 0. The van der Waals surface area contributed by atoms with Crippen LogP contribution in [0.1, 0.15) is 5.56 Å². The van der Waals surface area contributed by atoms with Gasteiger partial charge in [0.2, 0.25) is 0 Å². The molecule has 0 saturated heterocycles. The number of aliphatic imine (C=N–C) groups is 2. The van der Waals surface area contributed by atoms with Crippen molar-refractivity contribution in [2.45, 2.75) is 6.92 Å². The van der Waals surface area contributed by atoms with Crippen LogP contribution in [-0.2, 0) is 0 Å². The largest absolute Gasteiger partial charge is 0.289 e. The van der Waals surface area contributed by atoms with E-state index in [0.29, 0.717) is 0 Å². The van der Waals surface area contributed by atoms with Crippen molar-refractivity contribution < 1.29 is 0 Å². The molecule has 0 atom stereocenters. The predicted molar refractivity (Wildman–Crippen MR) is 69.9 cm³/mol. The van der Waals surface area contributed by atoms with E-state index in [1.54, 1.807) is 7.05 Å². The number of nitrogens with zero attached hydrogens (tertiary/aromatic N) is 2. The van der Waals surface area contributed by atoms with Gasteiger partial charge in [0.05, 0.1) is 17.1 Å². The van der Waals surface area contributed by atoms with E-state index in [4.69, 9.17) is 0 Å². The van der Waals surface area contributed by atoms with E-state index in [0.717, 1.165) is 17.1 Å². The zero-order chi connectivity index (χ0) is 11.4. The standard InChI is InChI=1S/C14H14N2/c1-11-3-5-13(6-4-11)16-14-9-7-12(15-2)8-10-14/h3-10H,1-2H3. The molecule has 1 aliphatic carbocycles. The molecule has 16 heavy (non-hydrogen) atoms. The molecule has 1 aromatic rings. The molecule has 2 heteroatoms. The Morgan fingerprint density at radius 1 is 0.812 bits per heavy atom. The Labute approximate surface area is 95.8 Å². The summed E-state index contributed by atoms with van der Waals surface area (Å²) in [6.07, 6.45) is 7.88. The highest BCUT2D eigenvalue weighted by molar-refractivity contribution is 6.18. The van der Waals surface area contributed by atoms with Gasteiger partial charge in [-0.1, -0.05) is 17.7 Å². The molecule has 0 N–H and O–H groups in total. The highest BCUT2D eigenvalue weighted by Crippen LogP contribution is 2.14. The molecule has 0 heterocycles. The van der Waals surface area contributed by atoms with Crippen molar-refractivity contribution >= 4 is 17.1 Å². The Kier molecular flexibility index (Phi) is 3.10. The van der Waals surface area contributed by atoms with E-state index >= 15 is 0 Å². The van der Waals surface area contributed by atoms with Gasteiger partial charge in [-0.25, -0.2) is 4.99 Å². The van der Waals surface area contributed by atoms with E-state index in [1.807, 2.05) is 36.4 Å². The third kappa shape index (κ3) is 2.54. The Bertz CT molecular complexity index is 470. The van der Waals surface area contributed by atoms with Crippen molar-refractivity contribution in [3.63, 3.8) is 0 Å². The van der Waals surface area contributed by atoms with Crippen LogP contribution in [0.2, 0.25) is 0 Å². The lowest BCUT2D eigenvalue weighted by Gasteiger charge is -2.01. The van der Waals surface area contributed by atoms with Crippen molar-refractivity contribution in [2.24, 2.45) is 9.98 Å². The van der Waals surface area contributed by atoms with Gasteiger partial charge in [-0.3, -0.25) is 4.99 Å². The van der Waals surface area contributed by atoms with Crippen LogP contribution in [-0.4, -0.2) is 18.5 Å². The molecule has 2 rings (SSSR count). The van der Waals surface area contributed by atoms with Crippen LogP contribution >= 0.6 is 0 Å². The average molecular weight is 210 g/mol. The first kappa shape index (κ1) is 10.6. The molecule has 80 valence electrons. The van der Waals surface area contributed by atoms with Crippen molar-refractivity contribution in [1.82, 2.24) is 0 Å². The SMILES string of the molecule is CN=C1C=CC(=Nc2ccc(C)cc2)C=C1. The molecular weight excluding hydrogens is 196 g/mol. The summed E-state index contributed by atoms with van der Waals surface area (Å²) in [5.41, 5.74) is 4.16. The fourth-order valence-corrected chi connectivity index (χ4v) is 1.44. The number of hydrogen-bond acceptors (Lipinski definition) is 2. The fraction of sp³-hybridized carbons (Fsp3) is 0.143. The second kappa shape index (κ2) is 4.71. The first-order valence-corrected chi connectivity index (χ1v) is 5.26. The molecule has 1 aliphatic rings. The lowest BCUT2D eigenvalue weighted by molar-refractivity contribution is 1.43. The maximum atomic E-state index is 4.52. The number of hydrogen-bond donors (Lipinski definition) is 0. The van der Waals surface area contributed by atoms with E-state index in [1.165, 1.54) is 5.56 Å². The summed E-state index contributed by atoms with van der Waals surface area (Å²) >= 11 is 0. The lowest BCUT2D eigenvalue weighted by atomic mass is 10.1. The van der Waals surface area contributed by atoms with Gasteiger partial charge in [-0.2, -0.15) is 0 Å². The van der Waals surface area contributed by atoms with E-state index in [2.05, 4.69) is 29.0 Å². The fourth-order valence-electron chi connectivity index (χ4n) is 1.44. The summed E-state index contributed by atoms with van der Waals surface area (Å²) in [5.74, 6) is 0. The maximum absolute atomic E-state index is 4.52. The highest BCUT2D eigenvalue weighted by atomic mass is 14.7. The first-order chi connectivity index (χ1) is 7.78. The second-order valence-electron chi connectivity index (χ2n) is 3.69. The summed E-state index contributed by atoms with van der Waals surface area (Å²) in [4.78, 5) is 8.60. The van der Waals surface area contributed by atoms with Crippen LogP contribution < -0.4 is 0 Å². The van der Waals surface area contributed by atoms with Crippen LogP contribution in [0.3, 0.4) is 0 Å². The van der Waals surface area contributed by atoms with Gasteiger partial charge in [0.15, 0.2) is 0 Å². The average Bonchev–Trinajstić information content (AvgIpc) is 2.33. The third-order valence-corrected chi connectivity index (χ3v) is 2.40. The number of rotatable bonds is 1. The van der Waals surface area contributed by atoms with Gasteiger partial charge < -0.3 is 0 Å². The molecule has 1 aromatic carbocycles. The minimum Gasteiger partial charge on any atom is -0.289 e. The number of aryl methyl sites for hydroxylation is 1. The Morgan fingerprint density at radius 3 is 1.94 bits per heavy atom. The smallest absolute Gasteiger partial charge is 0.0638 e. The monoisotopic (exact) mass is 210 g/mol. The van der Waals surface area contributed by atoms with Crippen molar-refractivity contribution in [1.29, 1.82) is 0 Å². The molecule has 0 amide bonds. The molecule has 0 bridgehead atoms. The molecule has 2 nitrogen and oxygen atoms in total. The van der Waals surface area contributed by atoms with Crippen molar-refractivity contribution in [3.05, 3.63) is 54.1 Å². The van der Waals surface area contributed by atoms with Gasteiger partial charge in [-0.05, 0) is 43.4 Å². The number of allylic oxidation sites excluding steroid dienone is 4. The summed E-state index contributed by atoms with van der Waals surface area (Å²) in [6, 6.07) is 8.17. The molecule has 0 unspecified atom stereocenters. The Hall–Kier alpha value is -1.96. The van der Waals surface area contributed by atoms with Gasteiger partial charge >= 0.3 is 0 Å².